The Labute approximate surface area is 301 Å². The van der Waals surface area contributed by atoms with Crippen molar-refractivity contribution in [3.8, 4) is 50.6 Å². The van der Waals surface area contributed by atoms with Gasteiger partial charge in [0, 0.05) is 27.5 Å². The highest BCUT2D eigenvalue weighted by Gasteiger charge is 2.52. The second kappa shape index (κ2) is 9.40. The average molecular weight is 658 g/mol. The lowest BCUT2D eigenvalue weighted by Crippen LogP contribution is -2.58. The summed E-state index contributed by atoms with van der Waals surface area (Å²) in [6.45, 7) is 0.0550. The predicted molar refractivity (Wildman–Crippen MR) is 214 cm³/mol. The molecular formula is C49H28BNO. The Morgan fingerprint density at radius 2 is 1.02 bits per heavy atom. The molecule has 0 atom stereocenters. The molecular weight excluding hydrogens is 629 g/mol. The minimum Gasteiger partial charge on any atom is -0.458 e. The van der Waals surface area contributed by atoms with Gasteiger partial charge >= 0.3 is 0 Å². The van der Waals surface area contributed by atoms with E-state index in [-0.39, 0.29) is 6.71 Å². The molecule has 9 aromatic rings. The topological polar surface area (TPSA) is 14.2 Å². The molecule has 0 saturated heterocycles. The second-order valence-electron chi connectivity index (χ2n) is 14.7. The molecule has 52 heavy (non-hydrogen) atoms. The molecule has 0 radical (unpaired) electrons. The van der Waals surface area contributed by atoms with E-state index in [0.29, 0.717) is 0 Å². The normalized spacial score (nSPS) is 14.4. The number of hydrogen-bond donors (Lipinski definition) is 0. The average Bonchev–Trinajstić information content (AvgIpc) is 3.82. The van der Waals surface area contributed by atoms with E-state index < -0.39 is 5.41 Å². The Hall–Kier alpha value is -6.58. The van der Waals surface area contributed by atoms with Gasteiger partial charge in [0.05, 0.1) is 10.9 Å². The van der Waals surface area contributed by atoms with E-state index >= 15 is 0 Å². The van der Waals surface area contributed by atoms with Crippen LogP contribution in [0.25, 0.3) is 60.9 Å². The molecule has 4 aliphatic rings. The van der Waals surface area contributed by atoms with Crippen LogP contribution in [0.3, 0.4) is 0 Å². The Kier molecular flexibility index (Phi) is 4.91. The van der Waals surface area contributed by atoms with E-state index in [1.807, 2.05) is 0 Å². The molecule has 8 aromatic carbocycles. The fraction of sp³-hybridized carbons (Fsp3) is 0.0204. The minimum absolute atomic E-state index is 0.0550. The molecule has 2 nitrogen and oxygen atoms in total. The summed E-state index contributed by atoms with van der Waals surface area (Å²) >= 11 is 0. The van der Waals surface area contributed by atoms with E-state index in [9.17, 15) is 0 Å². The van der Waals surface area contributed by atoms with Gasteiger partial charge in [-0.15, -0.1) is 0 Å². The molecule has 0 saturated carbocycles. The maximum Gasteiger partial charge on any atom is 0.256 e. The highest BCUT2D eigenvalue weighted by atomic mass is 16.5. The molecule has 2 aliphatic heterocycles. The molecule has 238 valence electrons. The van der Waals surface area contributed by atoms with E-state index in [1.165, 1.54) is 94.0 Å². The second-order valence-corrected chi connectivity index (χ2v) is 14.7. The van der Waals surface area contributed by atoms with E-state index in [0.717, 1.165) is 17.1 Å². The van der Waals surface area contributed by atoms with Crippen molar-refractivity contribution in [2.75, 3.05) is 0 Å². The number of para-hydroxylation sites is 3. The molecule has 1 aromatic heterocycles. The molecule has 0 fully saturated rings. The number of aromatic nitrogens is 1. The van der Waals surface area contributed by atoms with Crippen molar-refractivity contribution in [2.24, 2.45) is 0 Å². The summed E-state index contributed by atoms with van der Waals surface area (Å²) in [5.74, 6) is 1.89. The van der Waals surface area contributed by atoms with Crippen LogP contribution in [0, 0.1) is 0 Å². The van der Waals surface area contributed by atoms with Gasteiger partial charge in [0.1, 0.15) is 11.5 Å². The number of benzene rings is 8. The first-order chi connectivity index (χ1) is 25.8. The van der Waals surface area contributed by atoms with Crippen LogP contribution >= 0.6 is 0 Å². The van der Waals surface area contributed by atoms with Crippen molar-refractivity contribution in [1.29, 1.82) is 0 Å². The van der Waals surface area contributed by atoms with Crippen LogP contribution in [0.4, 0.5) is 0 Å². The van der Waals surface area contributed by atoms with Gasteiger partial charge in [-0.3, -0.25) is 0 Å². The summed E-state index contributed by atoms with van der Waals surface area (Å²) in [6.07, 6.45) is 0. The highest BCUT2D eigenvalue weighted by Crippen LogP contribution is 2.64. The van der Waals surface area contributed by atoms with Crippen LogP contribution in [0.15, 0.2) is 170 Å². The van der Waals surface area contributed by atoms with Crippen LogP contribution in [0.1, 0.15) is 22.3 Å². The largest absolute Gasteiger partial charge is 0.458 e. The van der Waals surface area contributed by atoms with Crippen LogP contribution in [-0.4, -0.2) is 11.3 Å². The van der Waals surface area contributed by atoms with Gasteiger partial charge in [-0.1, -0.05) is 152 Å². The smallest absolute Gasteiger partial charge is 0.256 e. The van der Waals surface area contributed by atoms with Gasteiger partial charge in [-0.25, -0.2) is 0 Å². The fourth-order valence-corrected chi connectivity index (χ4v) is 10.7. The molecule has 0 N–H and O–H groups in total. The number of nitrogens with zero attached hydrogens (tertiary/aromatic N) is 1. The lowest BCUT2D eigenvalue weighted by Gasteiger charge is -2.34. The summed E-state index contributed by atoms with van der Waals surface area (Å²) in [7, 11) is 0. The fourth-order valence-electron chi connectivity index (χ4n) is 10.7. The molecule has 0 bridgehead atoms. The van der Waals surface area contributed by atoms with E-state index in [1.54, 1.807) is 0 Å². The summed E-state index contributed by atoms with van der Waals surface area (Å²) in [6, 6.07) is 63.1. The quantitative estimate of drug-likeness (QED) is 0.160. The number of hydrogen-bond acceptors (Lipinski definition) is 1. The summed E-state index contributed by atoms with van der Waals surface area (Å²) in [4.78, 5) is 0. The van der Waals surface area contributed by atoms with Crippen molar-refractivity contribution in [1.82, 2.24) is 4.57 Å². The summed E-state index contributed by atoms with van der Waals surface area (Å²) in [5, 5.41) is 2.58. The Morgan fingerprint density at radius 3 is 1.85 bits per heavy atom. The zero-order valence-electron chi connectivity index (χ0n) is 28.1. The Bertz CT molecular complexity index is 3030. The molecule has 1 spiro atoms. The predicted octanol–water partition coefficient (Wildman–Crippen LogP) is 9.73. The first kappa shape index (κ1) is 27.2. The van der Waals surface area contributed by atoms with Crippen molar-refractivity contribution in [2.45, 2.75) is 5.41 Å². The van der Waals surface area contributed by atoms with E-state index in [4.69, 9.17) is 4.74 Å². The molecule has 2 aliphatic carbocycles. The highest BCUT2D eigenvalue weighted by molar-refractivity contribution is 6.99. The van der Waals surface area contributed by atoms with Gasteiger partial charge < -0.3 is 9.30 Å². The number of rotatable bonds is 1. The van der Waals surface area contributed by atoms with Gasteiger partial charge in [0.15, 0.2) is 0 Å². The molecule has 13 rings (SSSR count). The first-order valence-corrected chi connectivity index (χ1v) is 18.2. The van der Waals surface area contributed by atoms with E-state index in [2.05, 4.69) is 174 Å². The summed E-state index contributed by atoms with van der Waals surface area (Å²) in [5.41, 5.74) is 20.1. The molecule has 0 unspecified atom stereocenters. The SMILES string of the molecule is c1ccc2c(c1)-c1ccccc1C21c2ccccc2-c2c(-c3cccc4c3Oc3cccc5c3B4c3cccc4c6ccccc6n-5c34)cccc21. The Morgan fingerprint density at radius 1 is 0.442 bits per heavy atom. The van der Waals surface area contributed by atoms with Crippen LogP contribution in [0.5, 0.6) is 11.5 Å². The lowest BCUT2D eigenvalue weighted by molar-refractivity contribution is 0.489. The van der Waals surface area contributed by atoms with Gasteiger partial charge in [-0.2, -0.15) is 0 Å². The monoisotopic (exact) mass is 657 g/mol. The van der Waals surface area contributed by atoms with Crippen molar-refractivity contribution < 1.29 is 4.74 Å². The number of fused-ring (bicyclic) bond motifs is 17. The zero-order valence-corrected chi connectivity index (χ0v) is 28.1. The molecule has 0 amide bonds. The van der Waals surface area contributed by atoms with Crippen molar-refractivity contribution in [3.05, 3.63) is 192 Å². The molecule has 3 heteroatoms. The van der Waals surface area contributed by atoms with Crippen LogP contribution in [-0.2, 0) is 5.41 Å². The minimum atomic E-state index is -0.390. The third-order valence-electron chi connectivity index (χ3n) is 12.5. The van der Waals surface area contributed by atoms with Gasteiger partial charge in [0.2, 0.25) is 0 Å². The number of ether oxygens (including phenoxy) is 1. The third kappa shape index (κ3) is 3.00. The first-order valence-electron chi connectivity index (χ1n) is 18.2. The van der Waals surface area contributed by atoms with Crippen LogP contribution in [0.2, 0.25) is 0 Å². The van der Waals surface area contributed by atoms with Gasteiger partial charge in [0.25, 0.3) is 6.71 Å². The zero-order chi connectivity index (χ0) is 33.7. The van der Waals surface area contributed by atoms with Crippen LogP contribution < -0.4 is 21.1 Å². The van der Waals surface area contributed by atoms with Crippen molar-refractivity contribution in [3.63, 3.8) is 0 Å². The molecule has 3 heterocycles. The summed E-state index contributed by atoms with van der Waals surface area (Å²) < 4.78 is 9.64. The maximum absolute atomic E-state index is 7.17. The standard InChI is InChI=1S/C49H28BNO/c1-5-20-36-29(13-1)30-14-2-6-21-37(30)49(36)38-22-7-3-16-35(38)45-32(17-9-23-39(45)49)34-19-11-25-41-48(34)52-44-28-12-27-43-46(44)50(41)40-24-10-18-33-31-15-4-8-26-42(31)51(43)47(33)40/h1-28H. The maximum atomic E-state index is 7.17. The lowest BCUT2D eigenvalue weighted by atomic mass is 9.34. The third-order valence-corrected chi connectivity index (χ3v) is 12.5. The van der Waals surface area contributed by atoms with Gasteiger partial charge in [-0.05, 0) is 84.7 Å². The van der Waals surface area contributed by atoms with Crippen molar-refractivity contribution >= 4 is 44.9 Å². The Balaban J connectivity index is 1.10.